The Morgan fingerprint density at radius 1 is 1.21 bits per heavy atom. The fraction of sp³-hybridized carbons (Fsp3) is 0.250. The molecule has 0 unspecified atom stereocenters. The van der Waals surface area contributed by atoms with E-state index in [4.69, 9.17) is 11.6 Å². The van der Waals surface area contributed by atoms with Gasteiger partial charge in [-0.2, -0.15) is 5.10 Å². The Balaban J connectivity index is 1.40. The van der Waals surface area contributed by atoms with Gasteiger partial charge in [-0.15, -0.1) is 22.7 Å². The molecule has 8 heteroatoms. The van der Waals surface area contributed by atoms with Crippen LogP contribution in [0.1, 0.15) is 9.67 Å². The number of nitrogens with one attached hydrogen (secondary N) is 1. The SMILES string of the molecule is O=C(c1ccc(Cl)s1)N1CCN(c2cc(-c3cccs3)[nH]n2)CC1. The van der Waals surface area contributed by atoms with Gasteiger partial charge in [0, 0.05) is 32.2 Å². The van der Waals surface area contributed by atoms with E-state index in [1.807, 2.05) is 11.0 Å². The first-order valence-electron chi connectivity index (χ1n) is 7.59. The lowest BCUT2D eigenvalue weighted by Crippen LogP contribution is -2.48. The number of halogens is 1. The van der Waals surface area contributed by atoms with Crippen molar-refractivity contribution in [1.82, 2.24) is 15.1 Å². The average Bonchev–Trinajstić information content (AvgIpc) is 3.35. The molecule has 5 nitrogen and oxygen atoms in total. The lowest BCUT2D eigenvalue weighted by molar-refractivity contribution is 0.0751. The molecule has 1 saturated heterocycles. The van der Waals surface area contributed by atoms with Crippen LogP contribution in [0.25, 0.3) is 10.6 Å². The summed E-state index contributed by atoms with van der Waals surface area (Å²) in [5, 5.41) is 9.56. The molecule has 0 bridgehead atoms. The zero-order valence-electron chi connectivity index (χ0n) is 12.7. The number of H-pyrrole nitrogens is 1. The van der Waals surface area contributed by atoms with Crippen molar-refractivity contribution in [2.45, 2.75) is 0 Å². The molecule has 1 aliphatic rings. The molecule has 0 aliphatic carbocycles. The molecule has 1 aliphatic heterocycles. The molecule has 0 spiro atoms. The van der Waals surface area contributed by atoms with Crippen LogP contribution in [0.15, 0.2) is 35.7 Å². The van der Waals surface area contributed by atoms with E-state index < -0.39 is 0 Å². The second-order valence-corrected chi connectivity index (χ2v) is 8.16. The molecule has 4 heterocycles. The van der Waals surface area contributed by atoms with Crippen molar-refractivity contribution >= 4 is 46.0 Å². The number of nitrogens with zero attached hydrogens (tertiary/aromatic N) is 3. The van der Waals surface area contributed by atoms with Crippen molar-refractivity contribution in [2.24, 2.45) is 0 Å². The Morgan fingerprint density at radius 2 is 2.04 bits per heavy atom. The molecule has 0 saturated carbocycles. The summed E-state index contributed by atoms with van der Waals surface area (Å²) in [4.78, 5) is 18.4. The highest BCUT2D eigenvalue weighted by Gasteiger charge is 2.24. The maximum absolute atomic E-state index is 12.5. The zero-order valence-corrected chi connectivity index (χ0v) is 15.1. The molecule has 3 aromatic rings. The minimum atomic E-state index is 0.0628. The molecule has 1 fully saturated rings. The first-order valence-corrected chi connectivity index (χ1v) is 9.67. The molecule has 0 radical (unpaired) electrons. The highest BCUT2D eigenvalue weighted by molar-refractivity contribution is 7.18. The van der Waals surface area contributed by atoms with Crippen molar-refractivity contribution in [2.75, 3.05) is 31.1 Å². The van der Waals surface area contributed by atoms with Gasteiger partial charge >= 0.3 is 0 Å². The van der Waals surface area contributed by atoms with Crippen LogP contribution in [0.3, 0.4) is 0 Å². The standard InChI is InChI=1S/C16H15ClN4OS2/c17-14-4-3-13(24-14)16(22)21-7-5-20(6-8-21)15-10-11(18-19-15)12-2-1-9-23-12/h1-4,9-10H,5-8H2,(H,18,19). The van der Waals surface area contributed by atoms with Gasteiger partial charge in [0.1, 0.15) is 0 Å². The van der Waals surface area contributed by atoms with Gasteiger partial charge in [-0.3, -0.25) is 9.89 Å². The number of carbonyl (C=O) groups excluding carboxylic acids is 1. The number of anilines is 1. The first kappa shape index (κ1) is 15.7. The summed E-state index contributed by atoms with van der Waals surface area (Å²) in [6.07, 6.45) is 0. The van der Waals surface area contributed by atoms with Gasteiger partial charge in [0.05, 0.1) is 19.8 Å². The smallest absolute Gasteiger partial charge is 0.264 e. The molecule has 24 heavy (non-hydrogen) atoms. The lowest BCUT2D eigenvalue weighted by atomic mass is 10.2. The van der Waals surface area contributed by atoms with Gasteiger partial charge in [-0.05, 0) is 23.6 Å². The number of thiophene rings is 2. The fourth-order valence-corrected chi connectivity index (χ4v) is 4.46. The summed E-state index contributed by atoms with van der Waals surface area (Å²) in [5.74, 6) is 0.998. The fourth-order valence-electron chi connectivity index (χ4n) is 2.75. The number of carbonyl (C=O) groups is 1. The molecule has 3 aromatic heterocycles. The molecular weight excluding hydrogens is 364 g/mol. The van der Waals surface area contributed by atoms with Crippen LogP contribution >= 0.6 is 34.3 Å². The minimum absolute atomic E-state index is 0.0628. The topological polar surface area (TPSA) is 52.2 Å². The molecule has 0 aromatic carbocycles. The Morgan fingerprint density at radius 3 is 2.71 bits per heavy atom. The molecule has 124 valence electrons. The van der Waals surface area contributed by atoms with Crippen molar-refractivity contribution in [1.29, 1.82) is 0 Å². The maximum atomic E-state index is 12.5. The van der Waals surface area contributed by atoms with Gasteiger partial charge in [0.2, 0.25) is 0 Å². The van der Waals surface area contributed by atoms with Gasteiger partial charge in [-0.25, -0.2) is 0 Å². The van der Waals surface area contributed by atoms with Crippen LogP contribution in [0.4, 0.5) is 5.82 Å². The van der Waals surface area contributed by atoms with E-state index in [-0.39, 0.29) is 5.91 Å². The number of amides is 1. The number of rotatable bonds is 3. The predicted octanol–water partition coefficient (Wildman–Crippen LogP) is 3.82. The molecule has 0 atom stereocenters. The van der Waals surface area contributed by atoms with Crippen LogP contribution in [0.5, 0.6) is 0 Å². The molecular formula is C16H15ClN4OS2. The predicted molar refractivity (Wildman–Crippen MR) is 99.3 cm³/mol. The number of hydrogen-bond donors (Lipinski definition) is 1. The summed E-state index contributed by atoms with van der Waals surface area (Å²) in [5.41, 5.74) is 1.03. The van der Waals surface area contributed by atoms with E-state index in [2.05, 4.69) is 32.6 Å². The van der Waals surface area contributed by atoms with E-state index in [1.165, 1.54) is 16.2 Å². The van der Waals surface area contributed by atoms with Crippen LogP contribution < -0.4 is 4.90 Å². The Hall–Kier alpha value is -1.83. The number of hydrogen-bond acceptors (Lipinski definition) is 5. The number of aromatic nitrogens is 2. The number of aromatic amines is 1. The maximum Gasteiger partial charge on any atom is 0.264 e. The Kier molecular flexibility index (Phi) is 4.30. The quantitative estimate of drug-likeness (QED) is 0.753. The summed E-state index contributed by atoms with van der Waals surface area (Å²) in [7, 11) is 0. The van der Waals surface area contributed by atoms with Crippen molar-refractivity contribution in [3.63, 3.8) is 0 Å². The van der Waals surface area contributed by atoms with E-state index in [0.29, 0.717) is 22.3 Å². The monoisotopic (exact) mass is 378 g/mol. The lowest BCUT2D eigenvalue weighted by Gasteiger charge is -2.34. The van der Waals surface area contributed by atoms with Crippen LogP contribution in [0, 0.1) is 0 Å². The van der Waals surface area contributed by atoms with E-state index in [0.717, 1.165) is 24.6 Å². The Bertz CT molecular complexity index is 834. The highest BCUT2D eigenvalue weighted by Crippen LogP contribution is 2.27. The van der Waals surface area contributed by atoms with Crippen molar-refractivity contribution in [3.05, 3.63) is 44.9 Å². The number of piperazine rings is 1. The van der Waals surface area contributed by atoms with Crippen molar-refractivity contribution < 1.29 is 4.79 Å². The van der Waals surface area contributed by atoms with Gasteiger partial charge in [0.25, 0.3) is 5.91 Å². The third kappa shape index (κ3) is 3.07. The minimum Gasteiger partial charge on any atom is -0.352 e. The van der Waals surface area contributed by atoms with Crippen LogP contribution in [0.2, 0.25) is 4.34 Å². The van der Waals surface area contributed by atoms with Gasteiger partial charge in [-0.1, -0.05) is 17.7 Å². The molecule has 4 rings (SSSR count). The largest absolute Gasteiger partial charge is 0.352 e. The Labute approximate surface area is 152 Å². The second kappa shape index (κ2) is 6.58. The average molecular weight is 379 g/mol. The normalized spacial score (nSPS) is 15.0. The van der Waals surface area contributed by atoms with E-state index >= 15 is 0 Å². The van der Waals surface area contributed by atoms with E-state index in [9.17, 15) is 4.79 Å². The zero-order chi connectivity index (χ0) is 16.5. The first-order chi connectivity index (χ1) is 11.7. The highest BCUT2D eigenvalue weighted by atomic mass is 35.5. The van der Waals surface area contributed by atoms with Crippen molar-refractivity contribution in [3.8, 4) is 10.6 Å². The van der Waals surface area contributed by atoms with Crippen LogP contribution in [-0.4, -0.2) is 47.2 Å². The summed E-state index contributed by atoms with van der Waals surface area (Å²) < 4.78 is 0.648. The van der Waals surface area contributed by atoms with Gasteiger partial charge < -0.3 is 9.80 Å². The molecule has 1 amide bonds. The third-order valence-corrected chi connectivity index (χ3v) is 6.15. The summed E-state index contributed by atoms with van der Waals surface area (Å²) in [6.45, 7) is 2.93. The second-order valence-electron chi connectivity index (χ2n) is 5.50. The summed E-state index contributed by atoms with van der Waals surface area (Å²) >= 11 is 8.94. The van der Waals surface area contributed by atoms with Gasteiger partial charge in [0.15, 0.2) is 5.82 Å². The van der Waals surface area contributed by atoms with Crippen LogP contribution in [-0.2, 0) is 0 Å². The molecule has 1 N–H and O–H groups in total. The third-order valence-electron chi connectivity index (χ3n) is 4.03. The van der Waals surface area contributed by atoms with E-state index in [1.54, 1.807) is 23.5 Å². The summed E-state index contributed by atoms with van der Waals surface area (Å²) in [6, 6.07) is 9.74.